The average molecular weight is 498 g/mol. The van der Waals surface area contributed by atoms with Gasteiger partial charge >= 0.3 is 0 Å². The molecule has 6 nitrogen and oxygen atoms in total. The summed E-state index contributed by atoms with van der Waals surface area (Å²) in [6.45, 7) is 2.04. The van der Waals surface area contributed by atoms with Crippen molar-refractivity contribution in [2.45, 2.75) is 36.2 Å². The van der Waals surface area contributed by atoms with Crippen LogP contribution in [-0.4, -0.2) is 31.7 Å². The van der Waals surface area contributed by atoms with E-state index in [1.54, 1.807) is 12.1 Å². The van der Waals surface area contributed by atoms with Crippen LogP contribution in [0.3, 0.4) is 0 Å². The average Bonchev–Trinajstić information content (AvgIpc) is 3.45. The molecule has 1 saturated carbocycles. The third-order valence-corrected chi connectivity index (χ3v) is 7.57. The van der Waals surface area contributed by atoms with Crippen molar-refractivity contribution in [2.75, 3.05) is 0 Å². The number of benzene rings is 3. The molecule has 0 bridgehead atoms. The molecule has 5 aromatic rings. The molecule has 6 rings (SSSR count). The van der Waals surface area contributed by atoms with Gasteiger partial charge in [0.2, 0.25) is 5.91 Å². The zero-order chi connectivity index (χ0) is 24.6. The first-order chi connectivity index (χ1) is 17.6. The van der Waals surface area contributed by atoms with E-state index in [-0.39, 0.29) is 17.8 Å². The molecule has 2 aromatic heterocycles. The first kappa shape index (κ1) is 22.5. The molecule has 0 aliphatic heterocycles. The number of para-hydroxylation sites is 2. The Labute approximate surface area is 212 Å². The van der Waals surface area contributed by atoms with Gasteiger partial charge in [-0.25, -0.2) is 4.39 Å². The van der Waals surface area contributed by atoms with Crippen molar-refractivity contribution in [1.82, 2.24) is 25.1 Å². The fraction of sp³-hybridized carbons (Fsp3) is 0.179. The van der Waals surface area contributed by atoms with Crippen molar-refractivity contribution >= 4 is 28.6 Å². The minimum absolute atomic E-state index is 0.109. The van der Waals surface area contributed by atoms with E-state index in [2.05, 4.69) is 26.6 Å². The summed E-state index contributed by atoms with van der Waals surface area (Å²) in [4.78, 5) is 16.6. The Bertz CT molecular complexity index is 1550. The maximum Gasteiger partial charge on any atom is 0.238 e. The van der Waals surface area contributed by atoms with E-state index < -0.39 is 5.25 Å². The first-order valence-electron chi connectivity index (χ1n) is 11.9. The molecule has 8 heteroatoms. The van der Waals surface area contributed by atoms with Crippen LogP contribution in [0.1, 0.15) is 29.2 Å². The molecule has 1 aliphatic rings. The number of aryl methyl sites for hydroxylation is 1. The highest BCUT2D eigenvalue weighted by Crippen LogP contribution is 2.40. The van der Waals surface area contributed by atoms with Crippen molar-refractivity contribution < 1.29 is 9.18 Å². The molecule has 1 amide bonds. The minimum Gasteiger partial charge on any atom is -0.360 e. The van der Waals surface area contributed by atoms with Crippen LogP contribution in [0.5, 0.6) is 0 Å². The molecule has 0 spiro atoms. The van der Waals surface area contributed by atoms with Gasteiger partial charge in [0.05, 0.1) is 5.69 Å². The van der Waals surface area contributed by atoms with Gasteiger partial charge in [-0.1, -0.05) is 60.3 Å². The Morgan fingerprint density at radius 1 is 1.06 bits per heavy atom. The van der Waals surface area contributed by atoms with Crippen molar-refractivity contribution in [3.05, 3.63) is 95.9 Å². The van der Waals surface area contributed by atoms with Gasteiger partial charge in [-0.3, -0.25) is 9.36 Å². The summed E-state index contributed by atoms with van der Waals surface area (Å²) >= 11 is 1.32. The lowest BCUT2D eigenvalue weighted by Gasteiger charge is -2.18. The largest absolute Gasteiger partial charge is 0.360 e. The summed E-state index contributed by atoms with van der Waals surface area (Å²) in [5.74, 6) is 0.238. The van der Waals surface area contributed by atoms with E-state index in [1.165, 1.54) is 23.9 Å². The fourth-order valence-corrected chi connectivity index (χ4v) is 5.39. The van der Waals surface area contributed by atoms with Crippen LogP contribution in [0.25, 0.3) is 28.0 Å². The van der Waals surface area contributed by atoms with E-state index in [1.807, 2.05) is 60.2 Å². The standard InChI is InChI=1S/C28H24FN5OS/c1-17-6-2-5-9-24(17)34-26(22-16-30-23-8-4-3-7-21(22)23)32-33-28(34)36-25(27(35)31-20-14-15-20)18-10-12-19(29)13-11-18/h2-13,16,20,25,30H,14-15H2,1H3,(H,31,35). The summed E-state index contributed by atoms with van der Waals surface area (Å²) in [7, 11) is 0. The molecule has 3 aromatic carbocycles. The van der Waals surface area contributed by atoms with Gasteiger partial charge < -0.3 is 10.3 Å². The lowest BCUT2D eigenvalue weighted by molar-refractivity contribution is -0.120. The van der Waals surface area contributed by atoms with Crippen LogP contribution < -0.4 is 5.32 Å². The van der Waals surface area contributed by atoms with Crippen molar-refractivity contribution in [1.29, 1.82) is 0 Å². The molecule has 1 atom stereocenters. The summed E-state index contributed by atoms with van der Waals surface area (Å²) < 4.78 is 15.7. The lowest BCUT2D eigenvalue weighted by atomic mass is 10.1. The van der Waals surface area contributed by atoms with Crippen LogP contribution in [0, 0.1) is 12.7 Å². The second-order valence-corrected chi connectivity index (χ2v) is 10.1. The van der Waals surface area contributed by atoms with Crippen LogP contribution in [0.15, 0.2) is 84.1 Å². The lowest BCUT2D eigenvalue weighted by Crippen LogP contribution is -2.30. The number of carbonyl (C=O) groups excluding carboxylic acids is 1. The molecule has 1 unspecified atom stereocenters. The predicted molar refractivity (Wildman–Crippen MR) is 140 cm³/mol. The van der Waals surface area contributed by atoms with Gasteiger partial charge in [-0.15, -0.1) is 10.2 Å². The van der Waals surface area contributed by atoms with Gasteiger partial charge in [0.25, 0.3) is 0 Å². The number of halogens is 1. The summed E-state index contributed by atoms with van der Waals surface area (Å²) in [6, 6.07) is 22.4. The third kappa shape index (κ3) is 4.28. The van der Waals surface area contributed by atoms with E-state index in [0.29, 0.717) is 16.5 Å². The monoisotopic (exact) mass is 497 g/mol. The molecular weight excluding hydrogens is 473 g/mol. The number of carbonyl (C=O) groups is 1. The van der Waals surface area contributed by atoms with Crippen LogP contribution >= 0.6 is 11.8 Å². The maximum absolute atomic E-state index is 13.7. The highest BCUT2D eigenvalue weighted by molar-refractivity contribution is 8.00. The summed E-state index contributed by atoms with van der Waals surface area (Å²) in [6.07, 6.45) is 3.91. The SMILES string of the molecule is Cc1ccccc1-n1c(SC(C(=O)NC2CC2)c2ccc(F)cc2)nnc1-c1c[nH]c2ccccc12. The second-order valence-electron chi connectivity index (χ2n) is 9.01. The summed E-state index contributed by atoms with van der Waals surface area (Å²) in [5.41, 5.74) is 4.64. The molecule has 36 heavy (non-hydrogen) atoms. The maximum atomic E-state index is 13.7. The van der Waals surface area contributed by atoms with Gasteiger partial charge in [0, 0.05) is 28.7 Å². The number of rotatable bonds is 7. The second kappa shape index (κ2) is 9.28. The van der Waals surface area contributed by atoms with Crippen LogP contribution in [0.4, 0.5) is 4.39 Å². The first-order valence-corrected chi connectivity index (χ1v) is 12.8. The zero-order valence-corrected chi connectivity index (χ0v) is 20.4. The highest BCUT2D eigenvalue weighted by Gasteiger charge is 2.31. The van der Waals surface area contributed by atoms with Crippen LogP contribution in [0.2, 0.25) is 0 Å². The molecule has 0 saturated heterocycles. The smallest absolute Gasteiger partial charge is 0.238 e. The molecule has 180 valence electrons. The van der Waals surface area contributed by atoms with Crippen molar-refractivity contribution in [3.8, 4) is 17.1 Å². The quantitative estimate of drug-likeness (QED) is 0.272. The Kier molecular flexibility index (Phi) is 5.81. The zero-order valence-electron chi connectivity index (χ0n) is 19.6. The molecule has 2 N–H and O–H groups in total. The molecule has 1 fully saturated rings. The van der Waals surface area contributed by atoms with Gasteiger partial charge in [0.1, 0.15) is 11.1 Å². The normalized spacial score (nSPS) is 14.2. The van der Waals surface area contributed by atoms with E-state index in [0.717, 1.165) is 40.6 Å². The Hall–Kier alpha value is -3.91. The Morgan fingerprint density at radius 2 is 1.81 bits per heavy atom. The number of hydrogen-bond acceptors (Lipinski definition) is 4. The summed E-state index contributed by atoms with van der Waals surface area (Å²) in [5, 5.41) is 13.3. The van der Waals surface area contributed by atoms with E-state index >= 15 is 0 Å². The number of nitrogens with zero attached hydrogens (tertiary/aromatic N) is 3. The molecule has 1 aliphatic carbocycles. The topological polar surface area (TPSA) is 75.6 Å². The number of thioether (sulfide) groups is 1. The molecular formula is C28H24FN5OS. The van der Waals surface area contributed by atoms with Crippen LogP contribution in [-0.2, 0) is 4.79 Å². The van der Waals surface area contributed by atoms with E-state index in [9.17, 15) is 9.18 Å². The number of nitrogens with one attached hydrogen (secondary N) is 2. The number of aromatic amines is 1. The molecule has 2 heterocycles. The number of H-pyrrole nitrogens is 1. The number of hydrogen-bond donors (Lipinski definition) is 2. The third-order valence-electron chi connectivity index (χ3n) is 6.38. The van der Waals surface area contributed by atoms with Gasteiger partial charge in [-0.05, 0) is 55.2 Å². The highest BCUT2D eigenvalue weighted by atomic mass is 32.2. The Morgan fingerprint density at radius 3 is 2.58 bits per heavy atom. The number of aromatic nitrogens is 4. The van der Waals surface area contributed by atoms with Gasteiger partial charge in [0.15, 0.2) is 11.0 Å². The predicted octanol–water partition coefficient (Wildman–Crippen LogP) is 5.98. The van der Waals surface area contributed by atoms with Crippen molar-refractivity contribution in [3.63, 3.8) is 0 Å². The van der Waals surface area contributed by atoms with Crippen molar-refractivity contribution in [2.24, 2.45) is 0 Å². The Balaban J connectivity index is 1.48. The number of amides is 1. The van der Waals surface area contributed by atoms with Gasteiger partial charge in [-0.2, -0.15) is 0 Å². The molecule has 0 radical (unpaired) electrons. The number of fused-ring (bicyclic) bond motifs is 1. The minimum atomic E-state index is -0.603. The fourth-order valence-electron chi connectivity index (χ4n) is 4.33. The van der Waals surface area contributed by atoms with E-state index in [4.69, 9.17) is 0 Å².